The second kappa shape index (κ2) is 6.13. The number of nitrogens with zero attached hydrogens (tertiary/aromatic N) is 2. The van der Waals surface area contributed by atoms with Crippen LogP contribution in [0.4, 0.5) is 10.1 Å². The van der Waals surface area contributed by atoms with Crippen molar-refractivity contribution in [1.82, 2.24) is 9.36 Å². The summed E-state index contributed by atoms with van der Waals surface area (Å²) in [6, 6.07) is 4.33. The first kappa shape index (κ1) is 15.3. The molecule has 0 bridgehead atoms. The highest BCUT2D eigenvalue weighted by molar-refractivity contribution is 5.47. The van der Waals surface area contributed by atoms with Gasteiger partial charge in [0.2, 0.25) is 0 Å². The minimum Gasteiger partial charge on any atom is -0.393 e. The predicted molar refractivity (Wildman–Crippen MR) is 80.1 cm³/mol. The largest absolute Gasteiger partial charge is 0.393 e. The van der Waals surface area contributed by atoms with E-state index in [4.69, 9.17) is 10.5 Å². The number of aryl methyl sites for hydroxylation is 1. The zero-order valence-electron chi connectivity index (χ0n) is 12.5. The Bertz CT molecular complexity index is 704. The number of hydrogen-bond acceptors (Lipinski definition) is 3. The van der Waals surface area contributed by atoms with Crippen LogP contribution in [0.2, 0.25) is 0 Å². The highest BCUT2D eigenvalue weighted by Crippen LogP contribution is 2.19. The third kappa shape index (κ3) is 2.71. The average Bonchev–Trinajstić information content (AvgIpc) is 2.66. The van der Waals surface area contributed by atoms with Crippen LogP contribution in [0.15, 0.2) is 23.0 Å². The van der Waals surface area contributed by atoms with Crippen molar-refractivity contribution < 1.29 is 9.13 Å². The van der Waals surface area contributed by atoms with Crippen LogP contribution in [0, 0.1) is 12.7 Å². The molecule has 6 heteroatoms. The van der Waals surface area contributed by atoms with Gasteiger partial charge in [-0.25, -0.2) is 9.07 Å². The molecule has 0 saturated heterocycles. The molecule has 0 atom stereocenters. The molecule has 1 aromatic carbocycles. The highest BCUT2D eigenvalue weighted by atomic mass is 19.1. The Morgan fingerprint density at radius 2 is 2.10 bits per heavy atom. The first-order valence-electron chi connectivity index (χ1n) is 6.86. The van der Waals surface area contributed by atoms with E-state index in [0.29, 0.717) is 23.5 Å². The number of methoxy groups -OCH3 is 1. The number of benzene rings is 1. The molecule has 1 heterocycles. The molecule has 114 valence electrons. The Balaban J connectivity index is 2.72. The molecule has 0 spiro atoms. The van der Waals surface area contributed by atoms with Crippen molar-refractivity contribution in [3.8, 4) is 5.69 Å². The van der Waals surface area contributed by atoms with E-state index in [0.717, 1.165) is 6.42 Å². The van der Waals surface area contributed by atoms with Crippen molar-refractivity contribution in [2.75, 3.05) is 12.8 Å². The Labute approximate surface area is 122 Å². The fourth-order valence-corrected chi connectivity index (χ4v) is 2.44. The van der Waals surface area contributed by atoms with Crippen LogP contribution in [0.3, 0.4) is 0 Å². The molecule has 0 aliphatic carbocycles. The summed E-state index contributed by atoms with van der Waals surface area (Å²) in [6.07, 6.45) is 0.838. The molecule has 0 unspecified atom stereocenters. The van der Waals surface area contributed by atoms with Crippen molar-refractivity contribution in [2.24, 2.45) is 0 Å². The second-order valence-corrected chi connectivity index (χ2v) is 4.96. The number of aromatic nitrogens is 2. The van der Waals surface area contributed by atoms with Crippen LogP contribution in [0.5, 0.6) is 0 Å². The average molecular weight is 293 g/mol. The maximum absolute atomic E-state index is 13.3. The quantitative estimate of drug-likeness (QED) is 0.919. The van der Waals surface area contributed by atoms with Crippen LogP contribution in [0.1, 0.15) is 24.6 Å². The Hall–Kier alpha value is -2.08. The smallest absolute Gasteiger partial charge is 0.294 e. The van der Waals surface area contributed by atoms with Gasteiger partial charge in [0.15, 0.2) is 0 Å². The number of nitrogen functional groups attached to an aromatic ring is 1. The number of nitrogens with two attached hydrogens (primary N) is 1. The molecule has 2 aromatic rings. The van der Waals surface area contributed by atoms with Crippen LogP contribution in [0.25, 0.3) is 5.69 Å². The van der Waals surface area contributed by atoms with Crippen LogP contribution in [-0.2, 0) is 17.9 Å². The molecule has 1 aromatic heterocycles. The van der Waals surface area contributed by atoms with Crippen molar-refractivity contribution in [3.05, 3.63) is 45.6 Å². The number of hydrogen-bond donors (Lipinski definition) is 1. The van der Waals surface area contributed by atoms with Crippen molar-refractivity contribution in [3.63, 3.8) is 0 Å². The molecule has 0 aliphatic heterocycles. The second-order valence-electron chi connectivity index (χ2n) is 4.96. The molecule has 0 saturated carbocycles. The third-order valence-electron chi connectivity index (χ3n) is 3.39. The van der Waals surface area contributed by atoms with Gasteiger partial charge in [0, 0.05) is 13.7 Å². The Morgan fingerprint density at radius 1 is 1.38 bits per heavy atom. The van der Waals surface area contributed by atoms with Gasteiger partial charge < -0.3 is 10.5 Å². The first-order valence-corrected chi connectivity index (χ1v) is 6.86. The Kier molecular flexibility index (Phi) is 4.47. The Morgan fingerprint density at radius 3 is 2.67 bits per heavy atom. The lowest BCUT2D eigenvalue weighted by atomic mass is 10.2. The molecule has 0 aliphatic rings. The molecule has 0 radical (unpaired) electrons. The molecular weight excluding hydrogens is 273 g/mol. The minimum atomic E-state index is -0.331. The maximum Gasteiger partial charge on any atom is 0.294 e. The lowest BCUT2D eigenvalue weighted by Gasteiger charge is -2.15. The van der Waals surface area contributed by atoms with Gasteiger partial charge in [0.1, 0.15) is 11.5 Å². The highest BCUT2D eigenvalue weighted by Gasteiger charge is 2.19. The normalized spacial score (nSPS) is 11.0. The fourth-order valence-electron chi connectivity index (χ4n) is 2.44. The van der Waals surface area contributed by atoms with E-state index in [2.05, 4.69) is 0 Å². The maximum atomic E-state index is 13.3. The summed E-state index contributed by atoms with van der Waals surface area (Å²) in [5.74, 6) is -0.331. The van der Waals surface area contributed by atoms with Gasteiger partial charge in [-0.1, -0.05) is 6.92 Å². The summed E-state index contributed by atoms with van der Waals surface area (Å²) < 4.78 is 21.7. The van der Waals surface area contributed by atoms with Gasteiger partial charge in [0.05, 0.1) is 18.0 Å². The summed E-state index contributed by atoms with van der Waals surface area (Å²) in [4.78, 5) is 12.5. The number of anilines is 1. The first-order chi connectivity index (χ1) is 10.0. The topological polar surface area (TPSA) is 62.2 Å². The van der Waals surface area contributed by atoms with Crippen LogP contribution < -0.4 is 11.3 Å². The lowest BCUT2D eigenvalue weighted by molar-refractivity contribution is 0.176. The molecule has 0 fully saturated rings. The van der Waals surface area contributed by atoms with E-state index in [-0.39, 0.29) is 23.7 Å². The van der Waals surface area contributed by atoms with Gasteiger partial charge in [-0.2, -0.15) is 0 Å². The van der Waals surface area contributed by atoms with E-state index in [1.54, 1.807) is 24.8 Å². The summed E-state index contributed by atoms with van der Waals surface area (Å²) in [5, 5.41) is 0. The molecule has 21 heavy (non-hydrogen) atoms. The SMILES string of the molecule is CCCn1c(COC)c(N)c(=O)n1-c1ccc(F)cc1C. The van der Waals surface area contributed by atoms with E-state index >= 15 is 0 Å². The zero-order valence-corrected chi connectivity index (χ0v) is 12.5. The number of ether oxygens (including phenoxy) is 1. The summed E-state index contributed by atoms with van der Waals surface area (Å²) in [7, 11) is 1.56. The summed E-state index contributed by atoms with van der Waals surface area (Å²) in [5.41, 5.74) is 7.76. The van der Waals surface area contributed by atoms with Crippen molar-refractivity contribution in [2.45, 2.75) is 33.4 Å². The summed E-state index contributed by atoms with van der Waals surface area (Å²) >= 11 is 0. The van der Waals surface area contributed by atoms with Gasteiger partial charge in [0.25, 0.3) is 5.56 Å². The van der Waals surface area contributed by atoms with E-state index < -0.39 is 0 Å². The molecular formula is C15H20FN3O2. The predicted octanol–water partition coefficient (Wildman–Crippen LogP) is 2.23. The van der Waals surface area contributed by atoms with Crippen molar-refractivity contribution >= 4 is 5.69 Å². The van der Waals surface area contributed by atoms with E-state index in [1.807, 2.05) is 6.92 Å². The summed E-state index contributed by atoms with van der Waals surface area (Å²) in [6.45, 7) is 4.66. The van der Waals surface area contributed by atoms with Crippen LogP contribution in [-0.4, -0.2) is 16.5 Å². The van der Waals surface area contributed by atoms with Gasteiger partial charge in [-0.15, -0.1) is 0 Å². The van der Waals surface area contributed by atoms with Crippen LogP contribution >= 0.6 is 0 Å². The number of rotatable bonds is 5. The fraction of sp³-hybridized carbons (Fsp3) is 0.400. The standard InChI is InChI=1S/C15H20FN3O2/c1-4-7-18-13(9-21-3)14(17)15(20)19(18)12-6-5-11(16)8-10(12)2/h5-6,8H,4,7,9,17H2,1-3H3. The van der Waals surface area contributed by atoms with Gasteiger partial charge >= 0.3 is 0 Å². The van der Waals surface area contributed by atoms with Gasteiger partial charge in [-0.3, -0.25) is 9.48 Å². The third-order valence-corrected chi connectivity index (χ3v) is 3.39. The molecule has 0 amide bonds. The van der Waals surface area contributed by atoms with Gasteiger partial charge in [-0.05, 0) is 37.1 Å². The van der Waals surface area contributed by atoms with E-state index in [9.17, 15) is 9.18 Å². The molecule has 2 N–H and O–H groups in total. The minimum absolute atomic E-state index is 0.175. The monoisotopic (exact) mass is 293 g/mol. The lowest BCUT2D eigenvalue weighted by Crippen LogP contribution is -2.23. The van der Waals surface area contributed by atoms with E-state index in [1.165, 1.54) is 16.8 Å². The van der Waals surface area contributed by atoms with Crippen molar-refractivity contribution in [1.29, 1.82) is 0 Å². The molecule has 5 nitrogen and oxygen atoms in total. The zero-order chi connectivity index (χ0) is 15.6. The number of halogens is 1. The molecule has 2 rings (SSSR count).